The maximum Gasteiger partial charge on any atom is 0.340 e. The normalized spacial score (nSPS) is 11.4. The van der Waals surface area contributed by atoms with Crippen molar-refractivity contribution < 1.29 is 17.9 Å². The van der Waals surface area contributed by atoms with Crippen LogP contribution in [0.25, 0.3) is 10.8 Å². The van der Waals surface area contributed by atoms with Crippen molar-refractivity contribution in [1.82, 2.24) is 0 Å². The van der Waals surface area contributed by atoms with Crippen molar-refractivity contribution in [3.8, 4) is 0 Å². The Balaban J connectivity index is 1.86. The molecule has 0 atom stereocenters. The average Bonchev–Trinajstić information content (AvgIpc) is 2.59. The van der Waals surface area contributed by atoms with Gasteiger partial charge in [0, 0.05) is 6.26 Å². The van der Waals surface area contributed by atoms with Crippen LogP contribution in [-0.4, -0.2) is 20.6 Å². The number of halogens is 1. The van der Waals surface area contributed by atoms with E-state index in [9.17, 15) is 13.2 Å². The lowest BCUT2D eigenvalue weighted by molar-refractivity contribution is 0.0474. The third-order valence-corrected chi connectivity index (χ3v) is 5.26. The van der Waals surface area contributed by atoms with Gasteiger partial charge in [0.25, 0.3) is 0 Å². The predicted molar refractivity (Wildman–Crippen MR) is 97.6 cm³/mol. The maximum atomic E-state index is 12.4. The molecule has 0 aliphatic carbocycles. The van der Waals surface area contributed by atoms with Crippen LogP contribution in [0.4, 0.5) is 0 Å². The molecule has 0 fully saturated rings. The predicted octanol–water partition coefficient (Wildman–Crippen LogP) is 4.25. The van der Waals surface area contributed by atoms with Crippen LogP contribution in [0.3, 0.4) is 0 Å². The van der Waals surface area contributed by atoms with Gasteiger partial charge in [0.2, 0.25) is 0 Å². The fourth-order valence-electron chi connectivity index (χ4n) is 2.53. The van der Waals surface area contributed by atoms with Crippen molar-refractivity contribution in [1.29, 1.82) is 0 Å². The third-order valence-electron chi connectivity index (χ3n) is 3.82. The molecule has 0 spiro atoms. The van der Waals surface area contributed by atoms with E-state index in [-0.39, 0.29) is 22.1 Å². The number of fused-ring (bicyclic) bond motifs is 1. The Morgan fingerprint density at radius 2 is 1.76 bits per heavy atom. The topological polar surface area (TPSA) is 60.4 Å². The number of carbonyl (C=O) groups is 1. The summed E-state index contributed by atoms with van der Waals surface area (Å²) in [5.41, 5.74) is 0.895. The van der Waals surface area contributed by atoms with Gasteiger partial charge in [-0.25, -0.2) is 13.2 Å². The van der Waals surface area contributed by atoms with Gasteiger partial charge in [-0.15, -0.1) is 0 Å². The standard InChI is InChI=1S/C19H15ClO4S/c1-25(22,23)15-9-10-18(20)17(11-15)19(21)24-12-14-7-4-6-13-5-2-3-8-16(13)14/h2-11H,12H2,1H3. The first-order chi connectivity index (χ1) is 11.9. The SMILES string of the molecule is CS(=O)(=O)c1ccc(Cl)c(C(=O)OCc2cccc3ccccc23)c1. The smallest absolute Gasteiger partial charge is 0.340 e. The van der Waals surface area contributed by atoms with E-state index in [4.69, 9.17) is 16.3 Å². The molecule has 0 bridgehead atoms. The molecular weight excluding hydrogens is 360 g/mol. The van der Waals surface area contributed by atoms with Crippen molar-refractivity contribution in [2.45, 2.75) is 11.5 Å². The zero-order chi connectivity index (χ0) is 18.0. The summed E-state index contributed by atoms with van der Waals surface area (Å²) in [6.45, 7) is 0.0691. The summed E-state index contributed by atoms with van der Waals surface area (Å²) in [6, 6.07) is 17.5. The lowest BCUT2D eigenvalue weighted by Crippen LogP contribution is -2.08. The van der Waals surface area contributed by atoms with Crippen LogP contribution in [-0.2, 0) is 21.2 Å². The summed E-state index contributed by atoms with van der Waals surface area (Å²) in [4.78, 5) is 12.4. The third kappa shape index (κ3) is 3.83. The Labute approximate surface area is 150 Å². The lowest BCUT2D eigenvalue weighted by Gasteiger charge is -2.10. The van der Waals surface area contributed by atoms with Crippen LogP contribution in [0, 0.1) is 0 Å². The molecule has 3 aromatic carbocycles. The summed E-state index contributed by atoms with van der Waals surface area (Å²) in [6.07, 6.45) is 1.07. The molecule has 3 aromatic rings. The van der Waals surface area contributed by atoms with Crippen LogP contribution in [0.1, 0.15) is 15.9 Å². The van der Waals surface area contributed by atoms with Gasteiger partial charge in [-0.2, -0.15) is 0 Å². The average molecular weight is 375 g/mol. The fourth-order valence-corrected chi connectivity index (χ4v) is 3.37. The minimum absolute atomic E-state index is 0.0222. The second kappa shape index (κ2) is 6.86. The fraction of sp³-hybridized carbons (Fsp3) is 0.105. The molecule has 0 heterocycles. The molecule has 6 heteroatoms. The van der Waals surface area contributed by atoms with Crippen molar-refractivity contribution in [2.24, 2.45) is 0 Å². The summed E-state index contributed by atoms with van der Waals surface area (Å²) < 4.78 is 28.7. The first-order valence-corrected chi connectivity index (χ1v) is 9.76. The summed E-state index contributed by atoms with van der Waals surface area (Å²) in [5.74, 6) is -0.663. The van der Waals surface area contributed by atoms with E-state index in [1.807, 2.05) is 42.5 Å². The number of hydrogen-bond donors (Lipinski definition) is 0. The molecule has 4 nitrogen and oxygen atoms in total. The maximum absolute atomic E-state index is 12.4. The van der Waals surface area contributed by atoms with E-state index in [0.29, 0.717) is 0 Å². The number of hydrogen-bond acceptors (Lipinski definition) is 4. The minimum atomic E-state index is -3.44. The Morgan fingerprint density at radius 3 is 2.52 bits per heavy atom. The summed E-state index contributed by atoms with van der Waals surface area (Å²) in [7, 11) is -3.44. The van der Waals surface area contributed by atoms with E-state index in [2.05, 4.69) is 0 Å². The molecule has 0 saturated heterocycles. The van der Waals surface area contributed by atoms with Crippen molar-refractivity contribution in [2.75, 3.05) is 6.26 Å². The highest BCUT2D eigenvalue weighted by atomic mass is 35.5. The summed E-state index contributed by atoms with van der Waals surface area (Å²) >= 11 is 6.02. The Bertz CT molecular complexity index is 1050. The molecule has 0 aliphatic heterocycles. The Kier molecular flexibility index (Phi) is 4.79. The van der Waals surface area contributed by atoms with Gasteiger partial charge < -0.3 is 4.74 Å². The van der Waals surface area contributed by atoms with Gasteiger partial charge in [0.15, 0.2) is 9.84 Å². The number of esters is 1. The number of rotatable bonds is 4. The van der Waals surface area contributed by atoms with Gasteiger partial charge in [-0.3, -0.25) is 0 Å². The number of benzene rings is 3. The molecular formula is C19H15ClO4S. The van der Waals surface area contributed by atoms with Gasteiger partial charge >= 0.3 is 5.97 Å². The molecule has 0 aliphatic rings. The Morgan fingerprint density at radius 1 is 1.04 bits per heavy atom. The number of sulfone groups is 1. The van der Waals surface area contributed by atoms with E-state index in [0.717, 1.165) is 22.6 Å². The van der Waals surface area contributed by atoms with E-state index < -0.39 is 15.8 Å². The van der Waals surface area contributed by atoms with E-state index in [1.165, 1.54) is 18.2 Å². The second-order valence-corrected chi connectivity index (χ2v) is 8.05. The van der Waals surface area contributed by atoms with Gasteiger partial charge in [-0.05, 0) is 34.5 Å². The molecule has 25 heavy (non-hydrogen) atoms. The van der Waals surface area contributed by atoms with Crippen molar-refractivity contribution in [3.63, 3.8) is 0 Å². The molecule has 0 N–H and O–H groups in total. The van der Waals surface area contributed by atoms with Crippen LogP contribution >= 0.6 is 11.6 Å². The number of carbonyl (C=O) groups excluding carboxylic acids is 1. The quantitative estimate of drug-likeness (QED) is 0.640. The highest BCUT2D eigenvalue weighted by Crippen LogP contribution is 2.23. The zero-order valence-corrected chi connectivity index (χ0v) is 15.0. The minimum Gasteiger partial charge on any atom is -0.457 e. The van der Waals surface area contributed by atoms with Gasteiger partial charge in [-0.1, -0.05) is 54.1 Å². The molecule has 0 aromatic heterocycles. The van der Waals surface area contributed by atoms with Crippen molar-refractivity contribution >= 4 is 38.2 Å². The van der Waals surface area contributed by atoms with E-state index in [1.54, 1.807) is 0 Å². The second-order valence-electron chi connectivity index (χ2n) is 5.63. The largest absolute Gasteiger partial charge is 0.457 e. The highest BCUT2D eigenvalue weighted by Gasteiger charge is 2.17. The molecule has 0 radical (unpaired) electrons. The molecule has 0 unspecified atom stereocenters. The number of ether oxygens (including phenoxy) is 1. The molecule has 0 amide bonds. The van der Waals surface area contributed by atoms with Crippen LogP contribution in [0.15, 0.2) is 65.6 Å². The molecule has 3 rings (SSSR count). The van der Waals surface area contributed by atoms with E-state index >= 15 is 0 Å². The Hall–Kier alpha value is -2.37. The van der Waals surface area contributed by atoms with Crippen molar-refractivity contribution in [3.05, 3.63) is 76.8 Å². The monoisotopic (exact) mass is 374 g/mol. The zero-order valence-electron chi connectivity index (χ0n) is 13.4. The lowest BCUT2D eigenvalue weighted by atomic mass is 10.1. The summed E-state index contributed by atoms with van der Waals surface area (Å²) in [5, 5.41) is 2.19. The first-order valence-electron chi connectivity index (χ1n) is 7.49. The van der Waals surface area contributed by atoms with Crippen LogP contribution < -0.4 is 0 Å². The highest BCUT2D eigenvalue weighted by molar-refractivity contribution is 7.90. The van der Waals surface area contributed by atoms with Gasteiger partial charge in [0.05, 0.1) is 15.5 Å². The first kappa shape index (κ1) is 17.5. The van der Waals surface area contributed by atoms with Crippen LogP contribution in [0.5, 0.6) is 0 Å². The molecule has 0 saturated carbocycles. The molecule has 128 valence electrons. The van der Waals surface area contributed by atoms with Crippen LogP contribution in [0.2, 0.25) is 5.02 Å². The van der Waals surface area contributed by atoms with Gasteiger partial charge in [0.1, 0.15) is 6.61 Å².